The Balaban J connectivity index is 3.96. The number of hydrogen-bond donors (Lipinski definition) is 1. The fraction of sp³-hybridized carbons (Fsp3) is 0.636. The van der Waals surface area contributed by atoms with Crippen molar-refractivity contribution in [1.82, 2.24) is 0 Å². The molecule has 70 valence electrons. The van der Waals surface area contributed by atoms with Gasteiger partial charge in [-0.05, 0) is 18.5 Å². The molecule has 2 N–H and O–H groups in total. The van der Waals surface area contributed by atoms with Gasteiger partial charge in [-0.1, -0.05) is 45.9 Å². The van der Waals surface area contributed by atoms with Crippen LogP contribution in [0.2, 0.25) is 0 Å². The zero-order valence-corrected chi connectivity index (χ0v) is 8.67. The lowest BCUT2D eigenvalue weighted by Gasteiger charge is -2.13. The van der Waals surface area contributed by atoms with Crippen LogP contribution in [0.4, 0.5) is 0 Å². The Labute approximate surface area is 76.3 Å². The van der Waals surface area contributed by atoms with E-state index in [0.717, 1.165) is 12.3 Å². The Morgan fingerprint density at radius 1 is 1.25 bits per heavy atom. The van der Waals surface area contributed by atoms with Gasteiger partial charge >= 0.3 is 0 Å². The van der Waals surface area contributed by atoms with E-state index in [1.54, 1.807) is 6.20 Å². The molecule has 0 amide bonds. The van der Waals surface area contributed by atoms with E-state index in [0.29, 0.717) is 0 Å². The first kappa shape index (κ1) is 11.3. The number of rotatable bonds is 4. The van der Waals surface area contributed by atoms with Gasteiger partial charge < -0.3 is 5.73 Å². The van der Waals surface area contributed by atoms with E-state index >= 15 is 0 Å². The largest absolute Gasteiger partial charge is 0.405 e. The van der Waals surface area contributed by atoms with Crippen molar-refractivity contribution >= 4 is 0 Å². The van der Waals surface area contributed by atoms with E-state index in [9.17, 15) is 0 Å². The molecule has 0 saturated heterocycles. The first-order valence-corrected chi connectivity index (χ1v) is 4.55. The zero-order valence-electron chi connectivity index (χ0n) is 8.67. The standard InChI is InChI=1S/C11H21N/c1-10(2)6-5-7-11(3,4)8-9-12/h5,7-10H,6,12H2,1-4H3/b7-5+,9-8-. The zero-order chi connectivity index (χ0) is 9.61. The Morgan fingerprint density at radius 2 is 1.83 bits per heavy atom. The summed E-state index contributed by atoms with van der Waals surface area (Å²) in [4.78, 5) is 0. The number of hydrogen-bond acceptors (Lipinski definition) is 1. The lowest BCUT2D eigenvalue weighted by Crippen LogP contribution is -2.03. The summed E-state index contributed by atoms with van der Waals surface area (Å²) in [6.07, 6.45) is 9.19. The van der Waals surface area contributed by atoms with Crippen LogP contribution in [-0.2, 0) is 0 Å². The third-order valence-electron chi connectivity index (χ3n) is 1.68. The van der Waals surface area contributed by atoms with Crippen molar-refractivity contribution in [2.24, 2.45) is 17.1 Å². The summed E-state index contributed by atoms with van der Waals surface area (Å²) >= 11 is 0. The van der Waals surface area contributed by atoms with Gasteiger partial charge in [0.2, 0.25) is 0 Å². The molecular weight excluding hydrogens is 146 g/mol. The predicted molar refractivity (Wildman–Crippen MR) is 55.7 cm³/mol. The first-order valence-electron chi connectivity index (χ1n) is 4.55. The summed E-state index contributed by atoms with van der Waals surface area (Å²) in [6, 6.07) is 0. The summed E-state index contributed by atoms with van der Waals surface area (Å²) in [5.74, 6) is 0.735. The molecule has 0 aromatic rings. The van der Waals surface area contributed by atoms with E-state index in [1.807, 2.05) is 6.08 Å². The molecule has 1 nitrogen and oxygen atoms in total. The average molecular weight is 167 g/mol. The number of nitrogens with two attached hydrogens (primary N) is 1. The molecule has 0 bridgehead atoms. The van der Waals surface area contributed by atoms with Gasteiger partial charge in [0, 0.05) is 5.41 Å². The van der Waals surface area contributed by atoms with E-state index in [-0.39, 0.29) is 5.41 Å². The Bertz CT molecular complexity index is 164. The van der Waals surface area contributed by atoms with Crippen LogP contribution in [0.5, 0.6) is 0 Å². The quantitative estimate of drug-likeness (QED) is 0.640. The van der Waals surface area contributed by atoms with Gasteiger partial charge in [0.05, 0.1) is 0 Å². The molecular formula is C11H21N. The second-order valence-electron chi connectivity index (χ2n) is 4.21. The molecule has 0 fully saturated rings. The number of allylic oxidation sites excluding steroid dienone is 3. The van der Waals surface area contributed by atoms with E-state index in [2.05, 4.69) is 39.8 Å². The average Bonchev–Trinajstić information content (AvgIpc) is 1.85. The molecule has 0 atom stereocenters. The van der Waals surface area contributed by atoms with E-state index < -0.39 is 0 Å². The summed E-state index contributed by atoms with van der Waals surface area (Å²) < 4.78 is 0. The van der Waals surface area contributed by atoms with Crippen LogP contribution in [0.1, 0.15) is 34.1 Å². The van der Waals surface area contributed by atoms with Crippen molar-refractivity contribution in [3.8, 4) is 0 Å². The molecule has 0 spiro atoms. The molecule has 0 rings (SSSR count). The first-order chi connectivity index (χ1) is 5.48. The minimum Gasteiger partial charge on any atom is -0.405 e. The fourth-order valence-corrected chi connectivity index (χ4v) is 0.948. The molecule has 0 aromatic heterocycles. The van der Waals surface area contributed by atoms with Gasteiger partial charge in [-0.15, -0.1) is 0 Å². The third kappa shape index (κ3) is 6.02. The van der Waals surface area contributed by atoms with Crippen LogP contribution >= 0.6 is 0 Å². The molecule has 0 aliphatic rings. The highest BCUT2D eigenvalue weighted by atomic mass is 14.5. The molecule has 0 radical (unpaired) electrons. The highest BCUT2D eigenvalue weighted by Crippen LogP contribution is 2.19. The molecule has 0 unspecified atom stereocenters. The van der Waals surface area contributed by atoms with Crippen LogP contribution in [0.25, 0.3) is 0 Å². The van der Waals surface area contributed by atoms with Crippen molar-refractivity contribution in [3.63, 3.8) is 0 Å². The Morgan fingerprint density at radius 3 is 2.25 bits per heavy atom. The van der Waals surface area contributed by atoms with Gasteiger partial charge in [0.25, 0.3) is 0 Å². The maximum Gasteiger partial charge on any atom is 0.00215 e. The summed E-state index contributed by atoms with van der Waals surface area (Å²) in [5.41, 5.74) is 5.43. The minimum atomic E-state index is 0.101. The Kier molecular flexibility index (Phi) is 4.72. The predicted octanol–water partition coefficient (Wildman–Crippen LogP) is 3.09. The van der Waals surface area contributed by atoms with Crippen LogP contribution in [0.15, 0.2) is 24.4 Å². The van der Waals surface area contributed by atoms with Crippen molar-refractivity contribution in [2.45, 2.75) is 34.1 Å². The smallest absolute Gasteiger partial charge is 0.00215 e. The maximum atomic E-state index is 5.33. The van der Waals surface area contributed by atoms with Crippen LogP contribution < -0.4 is 5.73 Å². The molecule has 0 heterocycles. The molecule has 0 aromatic carbocycles. The topological polar surface area (TPSA) is 26.0 Å². The van der Waals surface area contributed by atoms with Gasteiger partial charge in [-0.2, -0.15) is 0 Å². The highest BCUT2D eigenvalue weighted by Gasteiger charge is 2.07. The normalized spacial score (nSPS) is 13.8. The van der Waals surface area contributed by atoms with Crippen LogP contribution in [-0.4, -0.2) is 0 Å². The maximum absolute atomic E-state index is 5.33. The fourth-order valence-electron chi connectivity index (χ4n) is 0.948. The van der Waals surface area contributed by atoms with Crippen LogP contribution in [0, 0.1) is 11.3 Å². The monoisotopic (exact) mass is 167 g/mol. The minimum absolute atomic E-state index is 0.101. The van der Waals surface area contributed by atoms with Crippen molar-refractivity contribution < 1.29 is 0 Å². The van der Waals surface area contributed by atoms with Crippen molar-refractivity contribution in [3.05, 3.63) is 24.4 Å². The molecule has 12 heavy (non-hydrogen) atoms. The molecule has 0 saturated carbocycles. The Hall–Kier alpha value is -0.720. The van der Waals surface area contributed by atoms with Gasteiger partial charge in [-0.25, -0.2) is 0 Å². The second kappa shape index (κ2) is 5.02. The molecule has 1 heteroatoms. The van der Waals surface area contributed by atoms with Gasteiger partial charge in [-0.3, -0.25) is 0 Å². The lowest BCUT2D eigenvalue weighted by molar-refractivity contribution is 0.608. The molecule has 0 aliphatic heterocycles. The summed E-state index contributed by atoms with van der Waals surface area (Å²) in [5, 5.41) is 0. The summed E-state index contributed by atoms with van der Waals surface area (Å²) in [7, 11) is 0. The molecule has 0 aliphatic carbocycles. The second-order valence-corrected chi connectivity index (χ2v) is 4.21. The van der Waals surface area contributed by atoms with E-state index in [1.165, 1.54) is 0 Å². The summed E-state index contributed by atoms with van der Waals surface area (Å²) in [6.45, 7) is 8.73. The van der Waals surface area contributed by atoms with Crippen LogP contribution in [0.3, 0.4) is 0 Å². The van der Waals surface area contributed by atoms with Gasteiger partial charge in [0.15, 0.2) is 0 Å². The van der Waals surface area contributed by atoms with Crippen molar-refractivity contribution in [1.29, 1.82) is 0 Å². The third-order valence-corrected chi connectivity index (χ3v) is 1.68. The van der Waals surface area contributed by atoms with Gasteiger partial charge in [0.1, 0.15) is 0 Å². The highest BCUT2D eigenvalue weighted by molar-refractivity contribution is 5.06. The van der Waals surface area contributed by atoms with Crippen molar-refractivity contribution in [2.75, 3.05) is 0 Å². The lowest BCUT2D eigenvalue weighted by atomic mass is 9.92. The van der Waals surface area contributed by atoms with E-state index in [4.69, 9.17) is 5.73 Å². The SMILES string of the molecule is CC(C)C/C=C/C(C)(C)/C=C\N.